The lowest BCUT2D eigenvalue weighted by Gasteiger charge is -2.39. The number of hydrogen-bond acceptors (Lipinski definition) is 3. The molecule has 1 atom stereocenters. The fourth-order valence-electron chi connectivity index (χ4n) is 5.72. The predicted molar refractivity (Wildman–Crippen MR) is 142 cm³/mol. The molecule has 6 heteroatoms. The zero-order valence-electron chi connectivity index (χ0n) is 21.0. The Labute approximate surface area is 211 Å². The maximum Gasteiger partial charge on any atom is 0.320 e. The van der Waals surface area contributed by atoms with Gasteiger partial charge in [0.25, 0.3) is 0 Å². The second kappa shape index (κ2) is 9.34. The quantitative estimate of drug-likeness (QED) is 0.362. The Morgan fingerprint density at radius 2 is 1.86 bits per heavy atom. The Kier molecular flexibility index (Phi) is 5.88. The fourth-order valence-corrected chi connectivity index (χ4v) is 5.72. The first kappa shape index (κ1) is 22.7. The second-order valence-electron chi connectivity index (χ2n) is 10.0. The molecule has 1 aromatic heterocycles. The van der Waals surface area contributed by atoms with Crippen LogP contribution in [0.25, 0.3) is 22.2 Å². The zero-order valence-corrected chi connectivity index (χ0v) is 21.0. The molecule has 2 aliphatic heterocycles. The average Bonchev–Trinajstić information content (AvgIpc) is 3.14. The molecule has 0 saturated carbocycles. The summed E-state index contributed by atoms with van der Waals surface area (Å²) >= 11 is 0. The van der Waals surface area contributed by atoms with E-state index in [0.29, 0.717) is 19.7 Å². The minimum atomic E-state index is 0.109. The van der Waals surface area contributed by atoms with E-state index in [0.717, 1.165) is 70.7 Å². The summed E-state index contributed by atoms with van der Waals surface area (Å²) in [6.07, 6.45) is 3.21. The number of nitrogens with one attached hydrogen (secondary N) is 1. The summed E-state index contributed by atoms with van der Waals surface area (Å²) in [7, 11) is 0. The maximum atomic E-state index is 13.9. The van der Waals surface area contributed by atoms with Crippen LogP contribution >= 0.6 is 0 Å². The third-order valence-electron chi connectivity index (χ3n) is 7.46. The number of imidazole rings is 1. The smallest absolute Gasteiger partial charge is 0.320 e. The van der Waals surface area contributed by atoms with Crippen LogP contribution in [0.1, 0.15) is 47.8 Å². The van der Waals surface area contributed by atoms with Gasteiger partial charge in [-0.05, 0) is 79.6 Å². The first-order valence-corrected chi connectivity index (χ1v) is 12.9. The summed E-state index contributed by atoms with van der Waals surface area (Å²) in [5.74, 6) is 1.82. The number of likely N-dealkylation sites (tertiary alicyclic amines) is 1. The molecule has 4 aromatic rings. The molecule has 1 fully saturated rings. The van der Waals surface area contributed by atoms with Crippen molar-refractivity contribution in [2.75, 3.05) is 19.7 Å². The molecule has 36 heavy (non-hydrogen) atoms. The van der Waals surface area contributed by atoms with E-state index in [4.69, 9.17) is 4.74 Å². The van der Waals surface area contributed by atoms with Gasteiger partial charge in [-0.25, -0.2) is 9.78 Å². The Hall–Kier alpha value is -3.80. The standard InChI is InChI=1S/C30H32N4O2/c1-20-16-24(23-11-12-26-27(18-23)32-21(2)31-26)17-25-19-33(14-15-36-29(20)25)30(35)34-13-7-6-10-28(34)22-8-4-3-5-9-22/h3-5,8-9,11-12,16-18,28H,6-7,10,13-15,19H2,1-2H3,(H,31,32). The highest BCUT2D eigenvalue weighted by Gasteiger charge is 2.32. The monoisotopic (exact) mass is 480 g/mol. The van der Waals surface area contributed by atoms with Gasteiger partial charge in [0.05, 0.1) is 30.2 Å². The molecule has 184 valence electrons. The third kappa shape index (κ3) is 4.21. The summed E-state index contributed by atoms with van der Waals surface area (Å²) in [6.45, 7) is 6.49. The summed E-state index contributed by atoms with van der Waals surface area (Å²) in [4.78, 5) is 25.8. The van der Waals surface area contributed by atoms with Crippen molar-refractivity contribution in [3.63, 3.8) is 0 Å². The van der Waals surface area contributed by atoms with E-state index < -0.39 is 0 Å². The van der Waals surface area contributed by atoms with Gasteiger partial charge in [-0.15, -0.1) is 0 Å². The van der Waals surface area contributed by atoms with E-state index in [2.05, 4.69) is 76.4 Å². The first-order valence-electron chi connectivity index (χ1n) is 12.9. The Bertz CT molecular complexity index is 1410. The number of carbonyl (C=O) groups excluding carboxylic acids is 1. The van der Waals surface area contributed by atoms with Crippen molar-refractivity contribution in [2.24, 2.45) is 0 Å². The molecule has 1 N–H and O–H groups in total. The number of carbonyl (C=O) groups is 1. The predicted octanol–water partition coefficient (Wildman–Crippen LogP) is 6.39. The molecule has 2 aliphatic rings. The Balaban J connectivity index is 1.30. The van der Waals surface area contributed by atoms with Crippen LogP contribution < -0.4 is 4.74 Å². The van der Waals surface area contributed by atoms with E-state index in [9.17, 15) is 4.79 Å². The number of hydrogen-bond donors (Lipinski definition) is 1. The lowest BCUT2D eigenvalue weighted by molar-refractivity contribution is 0.110. The van der Waals surface area contributed by atoms with Crippen molar-refractivity contribution in [2.45, 2.75) is 45.7 Å². The van der Waals surface area contributed by atoms with E-state index in [1.165, 1.54) is 5.56 Å². The van der Waals surface area contributed by atoms with Crippen molar-refractivity contribution in [3.8, 4) is 16.9 Å². The molecule has 3 heterocycles. The summed E-state index contributed by atoms with van der Waals surface area (Å²) in [5, 5.41) is 0. The number of piperidine rings is 1. The summed E-state index contributed by atoms with van der Waals surface area (Å²) in [6, 6.07) is 21.4. The number of urea groups is 1. The fraction of sp³-hybridized carbons (Fsp3) is 0.333. The van der Waals surface area contributed by atoms with E-state index in [-0.39, 0.29) is 12.1 Å². The largest absolute Gasteiger partial charge is 0.491 e. The van der Waals surface area contributed by atoms with Crippen LogP contribution in [0.15, 0.2) is 60.7 Å². The van der Waals surface area contributed by atoms with Crippen LogP contribution in [-0.2, 0) is 6.54 Å². The van der Waals surface area contributed by atoms with Gasteiger partial charge in [0.2, 0.25) is 0 Å². The van der Waals surface area contributed by atoms with E-state index >= 15 is 0 Å². The maximum absolute atomic E-state index is 13.9. The van der Waals surface area contributed by atoms with Crippen LogP contribution in [0.2, 0.25) is 0 Å². The number of H-pyrrole nitrogens is 1. The second-order valence-corrected chi connectivity index (χ2v) is 10.0. The number of amides is 2. The van der Waals surface area contributed by atoms with Gasteiger partial charge < -0.3 is 19.5 Å². The van der Waals surface area contributed by atoms with Gasteiger partial charge in [-0.1, -0.05) is 36.4 Å². The molecule has 3 aromatic carbocycles. The minimum Gasteiger partial charge on any atom is -0.491 e. The van der Waals surface area contributed by atoms with Gasteiger partial charge in [0.15, 0.2) is 0 Å². The lowest BCUT2D eigenvalue weighted by atomic mass is 9.95. The topological polar surface area (TPSA) is 61.5 Å². The number of fused-ring (bicyclic) bond motifs is 2. The van der Waals surface area contributed by atoms with Gasteiger partial charge in [0.1, 0.15) is 18.2 Å². The number of rotatable bonds is 2. The molecule has 1 unspecified atom stereocenters. The molecule has 0 aliphatic carbocycles. The van der Waals surface area contributed by atoms with Crippen molar-refractivity contribution in [1.29, 1.82) is 0 Å². The Morgan fingerprint density at radius 1 is 1.00 bits per heavy atom. The van der Waals surface area contributed by atoms with Gasteiger partial charge >= 0.3 is 6.03 Å². The molecule has 0 radical (unpaired) electrons. The normalized spacial score (nSPS) is 18.0. The number of aromatic nitrogens is 2. The van der Waals surface area contributed by atoms with Crippen LogP contribution in [-0.4, -0.2) is 45.5 Å². The highest BCUT2D eigenvalue weighted by Crippen LogP contribution is 2.36. The van der Waals surface area contributed by atoms with Gasteiger partial charge in [-0.3, -0.25) is 0 Å². The van der Waals surface area contributed by atoms with Crippen molar-refractivity contribution >= 4 is 17.1 Å². The molecule has 6 rings (SSSR count). The van der Waals surface area contributed by atoms with E-state index in [1.54, 1.807) is 0 Å². The van der Waals surface area contributed by atoms with Crippen molar-refractivity contribution in [1.82, 2.24) is 19.8 Å². The number of benzene rings is 3. The molecule has 0 spiro atoms. The molecular formula is C30H32N4O2. The highest BCUT2D eigenvalue weighted by molar-refractivity contribution is 5.82. The number of aromatic amines is 1. The van der Waals surface area contributed by atoms with Crippen LogP contribution in [0.4, 0.5) is 4.79 Å². The van der Waals surface area contributed by atoms with Gasteiger partial charge in [0, 0.05) is 12.1 Å². The minimum absolute atomic E-state index is 0.109. The zero-order chi connectivity index (χ0) is 24.6. The SMILES string of the molecule is Cc1nc2ccc(-c3cc(C)c4c(c3)CN(C(=O)N3CCCCC3c3ccccc3)CCO4)cc2[nH]1. The average molecular weight is 481 g/mol. The van der Waals surface area contributed by atoms with Crippen molar-refractivity contribution < 1.29 is 9.53 Å². The van der Waals surface area contributed by atoms with Gasteiger partial charge in [-0.2, -0.15) is 0 Å². The molecular weight excluding hydrogens is 448 g/mol. The number of nitrogens with zero attached hydrogens (tertiary/aromatic N) is 3. The van der Waals surface area contributed by atoms with Crippen LogP contribution in [0.3, 0.4) is 0 Å². The van der Waals surface area contributed by atoms with Crippen LogP contribution in [0.5, 0.6) is 5.75 Å². The number of aryl methyl sites for hydroxylation is 2. The summed E-state index contributed by atoms with van der Waals surface area (Å²) < 4.78 is 6.19. The lowest BCUT2D eigenvalue weighted by Crippen LogP contribution is -2.47. The van der Waals surface area contributed by atoms with Crippen molar-refractivity contribution in [3.05, 3.63) is 83.2 Å². The Morgan fingerprint density at radius 3 is 2.72 bits per heavy atom. The molecule has 1 saturated heterocycles. The highest BCUT2D eigenvalue weighted by atomic mass is 16.5. The number of ether oxygens (including phenoxy) is 1. The van der Waals surface area contributed by atoms with E-state index in [1.807, 2.05) is 17.9 Å². The molecule has 6 nitrogen and oxygen atoms in total. The molecule has 2 amide bonds. The first-order chi connectivity index (χ1) is 17.6. The summed E-state index contributed by atoms with van der Waals surface area (Å²) in [5.41, 5.74) is 7.63. The third-order valence-corrected chi connectivity index (χ3v) is 7.46. The van der Waals surface area contributed by atoms with Crippen LogP contribution in [0, 0.1) is 13.8 Å². The molecule has 0 bridgehead atoms.